The molecule has 2 aromatic rings. The standard InChI is InChI=1S/C22H33N5O3.HI/c1-15-16(2)30-21(26-15)14-27-9-7-17(8-10-27)12-24-22(23)25-13-18-5-6-19(28-3)20(11-18)29-4;/h5-6,11,17H,7-10,12-14H2,1-4H3,(H3,23,24,25);1H. The molecular formula is C22H34IN5O3. The van der Waals surface area contributed by atoms with Crippen LogP contribution >= 0.6 is 24.0 Å². The number of aryl methyl sites for hydroxylation is 2. The fraction of sp³-hybridized carbons (Fsp3) is 0.545. The van der Waals surface area contributed by atoms with Gasteiger partial charge < -0.3 is 24.9 Å². The van der Waals surface area contributed by atoms with E-state index in [1.807, 2.05) is 32.0 Å². The second-order valence-electron chi connectivity index (χ2n) is 7.74. The number of nitrogens with zero attached hydrogens (tertiary/aromatic N) is 3. The van der Waals surface area contributed by atoms with Crippen LogP contribution < -0.4 is 20.5 Å². The number of guanidine groups is 1. The molecule has 172 valence electrons. The number of oxazole rings is 1. The number of methoxy groups -OCH3 is 2. The second kappa shape index (κ2) is 12.1. The van der Waals surface area contributed by atoms with E-state index in [0.29, 0.717) is 29.9 Å². The van der Waals surface area contributed by atoms with Gasteiger partial charge in [0.05, 0.1) is 33.0 Å². The van der Waals surface area contributed by atoms with Crippen LogP contribution in [-0.2, 0) is 13.1 Å². The smallest absolute Gasteiger partial charge is 0.208 e. The van der Waals surface area contributed by atoms with Crippen LogP contribution in [0.2, 0.25) is 0 Å². The van der Waals surface area contributed by atoms with Crippen molar-refractivity contribution in [3.63, 3.8) is 0 Å². The number of likely N-dealkylation sites (tertiary alicyclic amines) is 1. The summed E-state index contributed by atoms with van der Waals surface area (Å²) in [6.07, 6.45) is 2.24. The zero-order valence-corrected chi connectivity index (χ0v) is 21.1. The number of hydrogen-bond donors (Lipinski definition) is 2. The third kappa shape index (κ3) is 7.27. The van der Waals surface area contributed by atoms with Gasteiger partial charge in [-0.3, -0.25) is 4.90 Å². The van der Waals surface area contributed by atoms with E-state index in [1.54, 1.807) is 14.2 Å². The molecule has 1 aliphatic heterocycles. The molecule has 0 radical (unpaired) electrons. The van der Waals surface area contributed by atoms with Crippen LogP contribution in [0.1, 0.15) is 35.7 Å². The lowest BCUT2D eigenvalue weighted by Gasteiger charge is -2.31. The highest BCUT2D eigenvalue weighted by atomic mass is 127. The Bertz CT molecular complexity index is 843. The van der Waals surface area contributed by atoms with Gasteiger partial charge in [0, 0.05) is 6.54 Å². The van der Waals surface area contributed by atoms with Crippen LogP contribution in [0.15, 0.2) is 27.6 Å². The summed E-state index contributed by atoms with van der Waals surface area (Å²) in [4.78, 5) is 11.3. The minimum absolute atomic E-state index is 0. The van der Waals surface area contributed by atoms with Gasteiger partial charge >= 0.3 is 0 Å². The molecule has 1 aromatic carbocycles. The van der Waals surface area contributed by atoms with Gasteiger partial charge in [-0.1, -0.05) is 6.07 Å². The molecule has 1 saturated heterocycles. The van der Waals surface area contributed by atoms with Gasteiger partial charge in [-0.25, -0.2) is 9.98 Å². The highest BCUT2D eigenvalue weighted by Crippen LogP contribution is 2.27. The number of aliphatic imine (C=N–C) groups is 1. The zero-order chi connectivity index (χ0) is 21.5. The Hall–Kier alpha value is -2.01. The third-order valence-electron chi connectivity index (χ3n) is 5.59. The molecule has 31 heavy (non-hydrogen) atoms. The summed E-state index contributed by atoms with van der Waals surface area (Å²) >= 11 is 0. The molecule has 0 spiro atoms. The van der Waals surface area contributed by atoms with Crippen molar-refractivity contribution in [1.82, 2.24) is 15.2 Å². The summed E-state index contributed by atoms with van der Waals surface area (Å²) in [6.45, 7) is 8.13. The van der Waals surface area contributed by atoms with Crippen molar-refractivity contribution in [1.29, 1.82) is 0 Å². The van der Waals surface area contributed by atoms with Gasteiger partial charge in [-0.15, -0.1) is 24.0 Å². The molecular weight excluding hydrogens is 509 g/mol. The van der Waals surface area contributed by atoms with E-state index in [1.165, 1.54) is 0 Å². The summed E-state index contributed by atoms with van der Waals surface area (Å²) in [5.41, 5.74) is 8.06. The lowest BCUT2D eigenvalue weighted by Crippen LogP contribution is -2.40. The summed E-state index contributed by atoms with van der Waals surface area (Å²) < 4.78 is 16.3. The Morgan fingerprint density at radius 3 is 2.55 bits per heavy atom. The first-order valence-electron chi connectivity index (χ1n) is 10.4. The Morgan fingerprint density at radius 1 is 1.23 bits per heavy atom. The average molecular weight is 543 g/mol. The van der Waals surface area contributed by atoms with Crippen molar-refractivity contribution >= 4 is 29.9 Å². The number of halogens is 1. The van der Waals surface area contributed by atoms with E-state index in [2.05, 4.69) is 20.2 Å². The van der Waals surface area contributed by atoms with Crippen LogP contribution in [0.25, 0.3) is 0 Å². The Kier molecular flexibility index (Phi) is 9.89. The maximum Gasteiger partial charge on any atom is 0.208 e. The predicted octanol–water partition coefficient (Wildman–Crippen LogP) is 3.24. The van der Waals surface area contributed by atoms with E-state index in [4.69, 9.17) is 19.6 Å². The minimum Gasteiger partial charge on any atom is -0.493 e. The number of piperidine rings is 1. The fourth-order valence-corrected chi connectivity index (χ4v) is 3.61. The molecule has 8 nitrogen and oxygen atoms in total. The molecule has 2 heterocycles. The van der Waals surface area contributed by atoms with Crippen molar-refractivity contribution < 1.29 is 13.9 Å². The monoisotopic (exact) mass is 543 g/mol. The molecule has 0 bridgehead atoms. The van der Waals surface area contributed by atoms with Crippen LogP contribution in [0.5, 0.6) is 11.5 Å². The molecule has 3 rings (SSSR count). The van der Waals surface area contributed by atoms with Gasteiger partial charge in [-0.05, 0) is 63.4 Å². The third-order valence-corrected chi connectivity index (χ3v) is 5.59. The quantitative estimate of drug-likeness (QED) is 0.300. The Balaban J connectivity index is 0.00000341. The van der Waals surface area contributed by atoms with E-state index >= 15 is 0 Å². The number of benzene rings is 1. The second-order valence-corrected chi connectivity index (χ2v) is 7.74. The van der Waals surface area contributed by atoms with Crippen molar-refractivity contribution in [3.8, 4) is 11.5 Å². The van der Waals surface area contributed by atoms with Crippen molar-refractivity contribution in [2.75, 3.05) is 33.9 Å². The van der Waals surface area contributed by atoms with Gasteiger partial charge in [0.2, 0.25) is 5.89 Å². The number of rotatable bonds is 8. The first-order valence-corrected chi connectivity index (χ1v) is 10.4. The van der Waals surface area contributed by atoms with Crippen LogP contribution in [0.3, 0.4) is 0 Å². The fourth-order valence-electron chi connectivity index (χ4n) is 3.61. The van der Waals surface area contributed by atoms with E-state index < -0.39 is 0 Å². The summed E-state index contributed by atoms with van der Waals surface area (Å²) in [7, 11) is 3.25. The molecule has 1 fully saturated rings. The Labute approximate surface area is 201 Å². The summed E-state index contributed by atoms with van der Waals surface area (Å²) in [5.74, 6) is 4.18. The Morgan fingerprint density at radius 2 is 1.94 bits per heavy atom. The number of nitrogens with one attached hydrogen (secondary N) is 1. The molecule has 1 aromatic heterocycles. The minimum atomic E-state index is 0. The maximum absolute atomic E-state index is 6.06. The van der Waals surface area contributed by atoms with Crippen LogP contribution in [0, 0.1) is 19.8 Å². The first-order chi connectivity index (χ1) is 14.5. The molecule has 0 aliphatic carbocycles. The summed E-state index contributed by atoms with van der Waals surface area (Å²) in [5, 5.41) is 3.27. The van der Waals surface area contributed by atoms with Gasteiger partial charge in [0.15, 0.2) is 17.5 Å². The van der Waals surface area contributed by atoms with Gasteiger partial charge in [0.25, 0.3) is 0 Å². The number of hydrogen-bond acceptors (Lipinski definition) is 6. The lowest BCUT2D eigenvalue weighted by molar-refractivity contribution is 0.164. The van der Waals surface area contributed by atoms with Crippen molar-refractivity contribution in [3.05, 3.63) is 41.1 Å². The largest absolute Gasteiger partial charge is 0.493 e. The first kappa shape index (κ1) is 25.3. The number of aromatic nitrogens is 1. The normalized spacial score (nSPS) is 15.4. The van der Waals surface area contributed by atoms with Gasteiger partial charge in [0.1, 0.15) is 5.76 Å². The number of ether oxygens (including phenoxy) is 2. The van der Waals surface area contributed by atoms with Crippen molar-refractivity contribution in [2.24, 2.45) is 16.6 Å². The zero-order valence-electron chi connectivity index (χ0n) is 18.8. The van der Waals surface area contributed by atoms with Crippen LogP contribution in [-0.4, -0.2) is 49.7 Å². The molecule has 9 heteroatoms. The predicted molar refractivity (Wildman–Crippen MR) is 132 cm³/mol. The molecule has 0 unspecified atom stereocenters. The molecule has 0 amide bonds. The molecule has 0 atom stereocenters. The SMILES string of the molecule is COc1ccc(CN=C(N)NCC2CCN(Cc3nc(C)c(C)o3)CC2)cc1OC.I. The van der Waals surface area contributed by atoms with E-state index in [9.17, 15) is 0 Å². The maximum atomic E-state index is 6.06. The van der Waals surface area contributed by atoms with Crippen LogP contribution in [0.4, 0.5) is 0 Å². The highest BCUT2D eigenvalue weighted by Gasteiger charge is 2.21. The number of nitrogens with two attached hydrogens (primary N) is 1. The lowest BCUT2D eigenvalue weighted by atomic mass is 9.97. The van der Waals surface area contributed by atoms with Crippen molar-refractivity contribution in [2.45, 2.75) is 39.8 Å². The molecule has 3 N–H and O–H groups in total. The molecule has 1 aliphatic rings. The van der Waals surface area contributed by atoms with Gasteiger partial charge in [-0.2, -0.15) is 0 Å². The molecule has 0 saturated carbocycles. The topological polar surface area (TPSA) is 98.1 Å². The average Bonchev–Trinajstić information content (AvgIpc) is 3.08. The van der Waals surface area contributed by atoms with E-state index in [-0.39, 0.29) is 24.0 Å². The summed E-state index contributed by atoms with van der Waals surface area (Å²) in [6, 6.07) is 5.76. The highest BCUT2D eigenvalue weighted by molar-refractivity contribution is 14.0. The van der Waals surface area contributed by atoms with E-state index in [0.717, 1.165) is 61.9 Å².